The van der Waals surface area contributed by atoms with Crippen LogP contribution < -0.4 is 0 Å². The Labute approximate surface area is 120 Å². The van der Waals surface area contributed by atoms with Crippen molar-refractivity contribution in [3.05, 3.63) is 47.3 Å². The second kappa shape index (κ2) is 5.17. The third-order valence-electron chi connectivity index (χ3n) is 3.05. The number of aromatic nitrogens is 2. The van der Waals surface area contributed by atoms with Crippen molar-refractivity contribution in [2.75, 3.05) is 5.75 Å². The number of benzene rings is 1. The van der Waals surface area contributed by atoms with Crippen LogP contribution in [0.3, 0.4) is 0 Å². The number of nitrogens with zero attached hydrogens (tertiary/aromatic N) is 1. The van der Waals surface area contributed by atoms with E-state index in [0.717, 1.165) is 28.1 Å². The Bertz CT molecular complexity index is 740. The van der Waals surface area contributed by atoms with Crippen LogP contribution in [0.15, 0.2) is 40.0 Å². The van der Waals surface area contributed by atoms with Gasteiger partial charge in [-0.25, -0.2) is 4.98 Å². The summed E-state index contributed by atoms with van der Waals surface area (Å²) in [7, 11) is 0. The van der Waals surface area contributed by atoms with Crippen LogP contribution in [0.25, 0.3) is 11.1 Å². The number of para-hydroxylation sites is 2. The summed E-state index contributed by atoms with van der Waals surface area (Å²) in [6, 6.07) is 9.46. The summed E-state index contributed by atoms with van der Waals surface area (Å²) in [5.74, 6) is 0.407. The number of Topliss-reactive ketones (excluding diaryl/α,β-unsaturated/α-hetero) is 1. The number of ketones is 1. The Hall–Kier alpha value is -2.01. The highest BCUT2D eigenvalue weighted by atomic mass is 32.2. The second-order valence-corrected chi connectivity index (χ2v) is 5.58. The molecular formula is C15H14N2O2S. The van der Waals surface area contributed by atoms with Crippen molar-refractivity contribution in [1.29, 1.82) is 0 Å². The number of carbonyl (C=O) groups is 1. The van der Waals surface area contributed by atoms with E-state index in [2.05, 4.69) is 9.97 Å². The number of rotatable bonds is 4. The van der Waals surface area contributed by atoms with E-state index >= 15 is 0 Å². The number of nitrogens with one attached hydrogen (secondary N) is 1. The summed E-state index contributed by atoms with van der Waals surface area (Å²) >= 11 is 1.33. The maximum absolute atomic E-state index is 12.2. The van der Waals surface area contributed by atoms with Crippen LogP contribution in [0.5, 0.6) is 0 Å². The van der Waals surface area contributed by atoms with Crippen LogP contribution in [-0.4, -0.2) is 21.5 Å². The molecule has 0 amide bonds. The summed E-state index contributed by atoms with van der Waals surface area (Å²) in [5, 5.41) is 0.532. The molecule has 5 heteroatoms. The van der Waals surface area contributed by atoms with Crippen LogP contribution in [0, 0.1) is 13.8 Å². The molecule has 0 unspecified atom stereocenters. The van der Waals surface area contributed by atoms with Crippen LogP contribution in [0.4, 0.5) is 0 Å². The Morgan fingerprint density at radius 3 is 2.85 bits per heavy atom. The predicted octanol–water partition coefficient (Wildman–Crippen LogP) is 3.75. The molecular weight excluding hydrogens is 272 g/mol. The van der Waals surface area contributed by atoms with Crippen LogP contribution in [-0.2, 0) is 0 Å². The van der Waals surface area contributed by atoms with Crippen LogP contribution in [0.1, 0.15) is 21.7 Å². The van der Waals surface area contributed by atoms with Gasteiger partial charge in [-0.15, -0.1) is 0 Å². The molecule has 0 saturated carbocycles. The zero-order valence-corrected chi connectivity index (χ0v) is 12.1. The van der Waals surface area contributed by atoms with Gasteiger partial charge >= 0.3 is 0 Å². The van der Waals surface area contributed by atoms with Crippen molar-refractivity contribution in [1.82, 2.24) is 9.97 Å². The molecule has 0 fully saturated rings. The summed E-state index contributed by atoms with van der Waals surface area (Å²) in [5.41, 5.74) is 4.21. The molecule has 20 heavy (non-hydrogen) atoms. The lowest BCUT2D eigenvalue weighted by atomic mass is 10.2. The number of aromatic amines is 1. The first-order valence-corrected chi connectivity index (χ1v) is 7.30. The molecule has 0 atom stereocenters. The third kappa shape index (κ3) is 2.49. The molecule has 2 aromatic heterocycles. The van der Waals surface area contributed by atoms with Gasteiger partial charge in [0.2, 0.25) is 0 Å². The van der Waals surface area contributed by atoms with Gasteiger partial charge in [-0.3, -0.25) is 4.79 Å². The third-order valence-corrected chi connectivity index (χ3v) is 3.88. The number of hydrogen-bond acceptors (Lipinski definition) is 4. The molecule has 2 heterocycles. The molecule has 0 spiro atoms. The van der Waals surface area contributed by atoms with E-state index in [1.165, 1.54) is 11.8 Å². The van der Waals surface area contributed by atoms with Crippen molar-refractivity contribution < 1.29 is 9.21 Å². The molecule has 0 aliphatic rings. The first-order chi connectivity index (χ1) is 9.63. The molecule has 0 bridgehead atoms. The highest BCUT2D eigenvalue weighted by molar-refractivity contribution is 7.99. The highest BCUT2D eigenvalue weighted by Gasteiger charge is 2.14. The molecule has 1 aromatic carbocycles. The Balaban J connectivity index is 1.73. The average Bonchev–Trinajstić information content (AvgIpc) is 2.98. The van der Waals surface area contributed by atoms with E-state index in [-0.39, 0.29) is 5.78 Å². The van der Waals surface area contributed by atoms with E-state index in [4.69, 9.17) is 4.42 Å². The van der Waals surface area contributed by atoms with E-state index in [0.29, 0.717) is 11.0 Å². The minimum Gasteiger partial charge on any atom is -0.431 e. The number of carbonyl (C=O) groups excluding carboxylic acids is 1. The fourth-order valence-corrected chi connectivity index (χ4v) is 2.85. The van der Waals surface area contributed by atoms with Crippen molar-refractivity contribution in [2.45, 2.75) is 19.1 Å². The smallest absolute Gasteiger partial charge is 0.257 e. The number of fused-ring (bicyclic) bond motifs is 1. The van der Waals surface area contributed by atoms with Gasteiger partial charge in [0, 0.05) is 17.0 Å². The first kappa shape index (κ1) is 13.0. The van der Waals surface area contributed by atoms with Crippen LogP contribution >= 0.6 is 11.8 Å². The van der Waals surface area contributed by atoms with Gasteiger partial charge in [-0.05, 0) is 32.0 Å². The standard InChI is InChI=1S/C15H14N2O2S/c1-9-7-11(10(2)16-9)13(18)8-20-15-17-12-5-3-4-6-14(12)19-15/h3-7,16H,8H2,1-2H3. The van der Waals surface area contributed by atoms with Gasteiger partial charge < -0.3 is 9.40 Å². The van der Waals surface area contributed by atoms with Gasteiger partial charge in [-0.2, -0.15) is 0 Å². The number of hydrogen-bond donors (Lipinski definition) is 1. The SMILES string of the molecule is Cc1cc(C(=O)CSc2nc3ccccc3o2)c(C)[nH]1. The van der Waals surface area contributed by atoms with Crippen molar-refractivity contribution >= 4 is 28.6 Å². The highest BCUT2D eigenvalue weighted by Crippen LogP contribution is 2.24. The Morgan fingerprint density at radius 1 is 1.35 bits per heavy atom. The molecule has 4 nitrogen and oxygen atoms in total. The number of aryl methyl sites for hydroxylation is 2. The van der Waals surface area contributed by atoms with E-state index in [9.17, 15) is 4.79 Å². The lowest BCUT2D eigenvalue weighted by Gasteiger charge is -1.97. The Morgan fingerprint density at radius 2 is 2.15 bits per heavy atom. The number of thioether (sulfide) groups is 1. The van der Waals surface area contributed by atoms with E-state index in [1.807, 2.05) is 44.2 Å². The number of oxazole rings is 1. The van der Waals surface area contributed by atoms with E-state index < -0.39 is 0 Å². The van der Waals surface area contributed by atoms with Crippen molar-refractivity contribution in [2.24, 2.45) is 0 Å². The maximum atomic E-state index is 12.2. The van der Waals surface area contributed by atoms with Gasteiger partial charge in [0.1, 0.15) is 5.52 Å². The molecule has 0 saturated heterocycles. The van der Waals surface area contributed by atoms with Gasteiger partial charge in [0.15, 0.2) is 11.4 Å². The summed E-state index contributed by atoms with van der Waals surface area (Å²) in [4.78, 5) is 19.6. The molecule has 1 N–H and O–H groups in total. The van der Waals surface area contributed by atoms with Crippen molar-refractivity contribution in [3.63, 3.8) is 0 Å². The topological polar surface area (TPSA) is 58.9 Å². The predicted molar refractivity (Wildman–Crippen MR) is 79.3 cm³/mol. The fraction of sp³-hybridized carbons (Fsp3) is 0.200. The Kier molecular flexibility index (Phi) is 3.36. The maximum Gasteiger partial charge on any atom is 0.257 e. The molecule has 3 rings (SSSR count). The van der Waals surface area contributed by atoms with Crippen molar-refractivity contribution in [3.8, 4) is 0 Å². The average molecular weight is 286 g/mol. The number of H-pyrrole nitrogens is 1. The quantitative estimate of drug-likeness (QED) is 0.586. The lowest BCUT2D eigenvalue weighted by molar-refractivity contribution is 0.102. The fourth-order valence-electron chi connectivity index (χ4n) is 2.13. The first-order valence-electron chi connectivity index (χ1n) is 6.31. The minimum absolute atomic E-state index is 0.0825. The normalized spacial score (nSPS) is 11.1. The summed E-state index contributed by atoms with van der Waals surface area (Å²) < 4.78 is 5.58. The van der Waals surface area contributed by atoms with Crippen LogP contribution in [0.2, 0.25) is 0 Å². The molecule has 102 valence electrons. The zero-order valence-electron chi connectivity index (χ0n) is 11.3. The summed E-state index contributed by atoms with van der Waals surface area (Å²) in [6.07, 6.45) is 0. The largest absolute Gasteiger partial charge is 0.431 e. The lowest BCUT2D eigenvalue weighted by Crippen LogP contribution is -2.02. The van der Waals surface area contributed by atoms with Gasteiger partial charge in [0.05, 0.1) is 5.75 Å². The zero-order chi connectivity index (χ0) is 14.1. The molecule has 0 aliphatic heterocycles. The van der Waals surface area contributed by atoms with Gasteiger partial charge in [-0.1, -0.05) is 23.9 Å². The molecule has 0 radical (unpaired) electrons. The second-order valence-electron chi connectivity index (χ2n) is 4.65. The molecule has 3 aromatic rings. The van der Waals surface area contributed by atoms with Gasteiger partial charge in [0.25, 0.3) is 5.22 Å². The molecule has 0 aliphatic carbocycles. The minimum atomic E-state index is 0.0825. The summed E-state index contributed by atoms with van der Waals surface area (Å²) in [6.45, 7) is 3.85. The monoisotopic (exact) mass is 286 g/mol. The van der Waals surface area contributed by atoms with E-state index in [1.54, 1.807) is 0 Å².